The Morgan fingerprint density at radius 2 is 2.07 bits per heavy atom. The Bertz CT molecular complexity index is 372. The zero-order chi connectivity index (χ0) is 10.9. The van der Waals surface area contributed by atoms with Crippen molar-refractivity contribution in [2.24, 2.45) is 0 Å². The van der Waals surface area contributed by atoms with E-state index in [4.69, 9.17) is 5.11 Å². The van der Waals surface area contributed by atoms with Gasteiger partial charge >= 0.3 is 5.97 Å². The molecule has 0 unspecified atom stereocenters. The molecule has 1 aromatic heterocycles. The van der Waals surface area contributed by atoms with Gasteiger partial charge in [0.2, 0.25) is 0 Å². The second kappa shape index (κ2) is 3.65. The quantitative estimate of drug-likeness (QED) is 0.839. The zero-order valence-electron chi connectivity index (χ0n) is 8.21. The van der Waals surface area contributed by atoms with E-state index in [9.17, 15) is 4.79 Å². The zero-order valence-corrected chi connectivity index (χ0v) is 9.79. The average molecular weight is 259 g/mol. The summed E-state index contributed by atoms with van der Waals surface area (Å²) < 4.78 is 0.275. The van der Waals surface area contributed by atoms with E-state index in [0.29, 0.717) is 5.56 Å². The van der Waals surface area contributed by atoms with Gasteiger partial charge in [-0.05, 0) is 26.9 Å². The minimum Gasteiger partial charge on any atom is -0.478 e. The van der Waals surface area contributed by atoms with Gasteiger partial charge in [-0.1, -0.05) is 20.8 Å². The van der Waals surface area contributed by atoms with Gasteiger partial charge in [-0.25, -0.2) is 4.79 Å². The Morgan fingerprint density at radius 1 is 1.50 bits per heavy atom. The highest BCUT2D eigenvalue weighted by Gasteiger charge is 2.24. The van der Waals surface area contributed by atoms with Crippen LogP contribution in [-0.4, -0.2) is 21.3 Å². The van der Waals surface area contributed by atoms with E-state index in [1.54, 1.807) is 0 Å². The van der Waals surface area contributed by atoms with Crippen molar-refractivity contribution in [3.63, 3.8) is 0 Å². The topological polar surface area (TPSA) is 63.1 Å². The van der Waals surface area contributed by atoms with Gasteiger partial charge in [-0.3, -0.25) is 0 Å². The highest BCUT2D eigenvalue weighted by Crippen LogP contribution is 2.28. The summed E-state index contributed by atoms with van der Waals surface area (Å²) in [5, 5.41) is 16.4. The van der Waals surface area contributed by atoms with Crippen LogP contribution >= 0.6 is 15.9 Å². The number of nitrogens with zero attached hydrogens (tertiary/aromatic N) is 2. The van der Waals surface area contributed by atoms with Gasteiger partial charge in [0.25, 0.3) is 0 Å². The van der Waals surface area contributed by atoms with E-state index in [2.05, 4.69) is 26.1 Å². The first-order valence-electron chi connectivity index (χ1n) is 4.09. The summed E-state index contributed by atoms with van der Waals surface area (Å²) in [6.45, 7) is 5.80. The van der Waals surface area contributed by atoms with Crippen LogP contribution in [0.15, 0.2) is 10.8 Å². The molecule has 4 nitrogen and oxygen atoms in total. The van der Waals surface area contributed by atoms with E-state index >= 15 is 0 Å². The highest BCUT2D eigenvalue weighted by molar-refractivity contribution is 9.10. The molecule has 1 heterocycles. The number of carboxylic acids is 1. The molecule has 76 valence electrons. The summed E-state index contributed by atoms with van der Waals surface area (Å²) in [6, 6.07) is 0. The van der Waals surface area contributed by atoms with Crippen LogP contribution in [0.2, 0.25) is 0 Å². The Labute approximate surface area is 90.5 Å². The monoisotopic (exact) mass is 258 g/mol. The number of aromatic carboxylic acids is 1. The first-order valence-corrected chi connectivity index (χ1v) is 4.88. The van der Waals surface area contributed by atoms with Crippen LogP contribution in [-0.2, 0) is 5.41 Å². The lowest BCUT2D eigenvalue weighted by molar-refractivity contribution is 0.0692. The summed E-state index contributed by atoms with van der Waals surface area (Å²) in [6.07, 6.45) is 1.49. The molecule has 1 N–H and O–H groups in total. The van der Waals surface area contributed by atoms with Gasteiger partial charge in [0.1, 0.15) is 4.60 Å². The molecular formula is C9H11BrN2O2. The van der Waals surface area contributed by atoms with Gasteiger partial charge in [0.15, 0.2) is 0 Å². The molecule has 5 heteroatoms. The standard InChI is InChI=1S/C9H11BrN2O2/c1-9(2,3)5-4-11-12-7(10)6(5)8(13)14/h4H,1-3H3,(H,13,14). The SMILES string of the molecule is CC(C)(C)c1cnnc(Br)c1C(=O)O. The van der Waals surface area contributed by atoms with E-state index in [1.165, 1.54) is 6.20 Å². The lowest BCUT2D eigenvalue weighted by Gasteiger charge is -2.20. The smallest absolute Gasteiger partial charge is 0.338 e. The molecule has 0 aliphatic carbocycles. The maximum absolute atomic E-state index is 11.0. The van der Waals surface area contributed by atoms with Crippen LogP contribution in [0.1, 0.15) is 36.7 Å². The Kier molecular flexibility index (Phi) is 2.89. The predicted molar refractivity (Wildman–Crippen MR) is 55.4 cm³/mol. The summed E-state index contributed by atoms with van der Waals surface area (Å²) >= 11 is 3.09. The summed E-state index contributed by atoms with van der Waals surface area (Å²) in [4.78, 5) is 11.0. The van der Waals surface area contributed by atoms with Crippen molar-refractivity contribution in [3.05, 3.63) is 21.9 Å². The van der Waals surface area contributed by atoms with Crippen LogP contribution in [0.25, 0.3) is 0 Å². The first kappa shape index (κ1) is 11.1. The molecule has 14 heavy (non-hydrogen) atoms. The van der Waals surface area contributed by atoms with Crippen molar-refractivity contribution in [1.29, 1.82) is 0 Å². The molecule has 0 bridgehead atoms. The van der Waals surface area contributed by atoms with E-state index in [-0.39, 0.29) is 15.6 Å². The van der Waals surface area contributed by atoms with Crippen molar-refractivity contribution >= 4 is 21.9 Å². The third-order valence-corrected chi connectivity index (χ3v) is 2.38. The normalized spacial score (nSPS) is 11.4. The maximum atomic E-state index is 11.0. The molecule has 0 fully saturated rings. The molecule has 0 aromatic carbocycles. The Morgan fingerprint density at radius 3 is 2.43 bits per heavy atom. The predicted octanol–water partition coefficient (Wildman–Crippen LogP) is 2.23. The van der Waals surface area contributed by atoms with Crippen molar-refractivity contribution in [1.82, 2.24) is 10.2 Å². The highest BCUT2D eigenvalue weighted by atomic mass is 79.9. The van der Waals surface area contributed by atoms with Crippen LogP contribution in [0.3, 0.4) is 0 Å². The van der Waals surface area contributed by atoms with Crippen LogP contribution in [0, 0.1) is 0 Å². The molecule has 0 saturated carbocycles. The molecule has 0 radical (unpaired) electrons. The summed E-state index contributed by atoms with van der Waals surface area (Å²) in [7, 11) is 0. The summed E-state index contributed by atoms with van der Waals surface area (Å²) in [5.41, 5.74) is 0.603. The molecule has 1 aromatic rings. The van der Waals surface area contributed by atoms with Crippen LogP contribution < -0.4 is 0 Å². The average Bonchev–Trinajstić information content (AvgIpc) is 2.01. The van der Waals surface area contributed by atoms with Crippen molar-refractivity contribution < 1.29 is 9.90 Å². The number of halogens is 1. The van der Waals surface area contributed by atoms with Crippen LogP contribution in [0.4, 0.5) is 0 Å². The second-order valence-corrected chi connectivity index (χ2v) is 4.73. The summed E-state index contributed by atoms with van der Waals surface area (Å²) in [5.74, 6) is -0.989. The van der Waals surface area contributed by atoms with Gasteiger partial charge in [0, 0.05) is 0 Å². The molecule has 1 rings (SSSR count). The van der Waals surface area contributed by atoms with Crippen molar-refractivity contribution in [3.8, 4) is 0 Å². The lowest BCUT2D eigenvalue weighted by Crippen LogP contribution is -2.18. The molecule has 0 amide bonds. The minimum absolute atomic E-state index is 0.188. The van der Waals surface area contributed by atoms with Gasteiger partial charge in [0.05, 0.1) is 11.8 Å². The van der Waals surface area contributed by atoms with Gasteiger partial charge in [-0.2, -0.15) is 5.10 Å². The number of rotatable bonds is 1. The molecule has 0 atom stereocenters. The Balaban J connectivity index is 3.44. The molecule has 0 spiro atoms. The largest absolute Gasteiger partial charge is 0.478 e. The fourth-order valence-electron chi connectivity index (χ4n) is 1.14. The van der Waals surface area contributed by atoms with Crippen LogP contribution in [0.5, 0.6) is 0 Å². The van der Waals surface area contributed by atoms with Gasteiger partial charge in [-0.15, -0.1) is 5.10 Å². The minimum atomic E-state index is -0.989. The van der Waals surface area contributed by atoms with Crippen molar-refractivity contribution in [2.45, 2.75) is 26.2 Å². The molecule has 0 saturated heterocycles. The number of hydrogen-bond acceptors (Lipinski definition) is 3. The fourth-order valence-corrected chi connectivity index (χ4v) is 1.61. The number of carboxylic acid groups (broad SMARTS) is 1. The second-order valence-electron chi connectivity index (χ2n) is 3.98. The maximum Gasteiger partial charge on any atom is 0.338 e. The van der Waals surface area contributed by atoms with Crippen molar-refractivity contribution in [2.75, 3.05) is 0 Å². The third-order valence-electron chi connectivity index (χ3n) is 1.83. The fraction of sp³-hybridized carbons (Fsp3) is 0.444. The molecule has 0 aliphatic rings. The lowest BCUT2D eigenvalue weighted by atomic mass is 9.85. The number of hydrogen-bond donors (Lipinski definition) is 1. The molecular weight excluding hydrogens is 248 g/mol. The number of aromatic nitrogens is 2. The van der Waals surface area contributed by atoms with E-state index < -0.39 is 5.97 Å². The Hall–Kier alpha value is -0.970. The number of carbonyl (C=O) groups is 1. The molecule has 0 aliphatic heterocycles. The van der Waals surface area contributed by atoms with E-state index in [0.717, 1.165) is 0 Å². The first-order chi connectivity index (χ1) is 6.34. The van der Waals surface area contributed by atoms with E-state index in [1.807, 2.05) is 20.8 Å². The third kappa shape index (κ3) is 2.09. The van der Waals surface area contributed by atoms with Gasteiger partial charge < -0.3 is 5.11 Å².